The molecule has 0 spiro atoms. The maximum absolute atomic E-state index is 13.3. The lowest BCUT2D eigenvalue weighted by Gasteiger charge is -2.43. The van der Waals surface area contributed by atoms with Crippen LogP contribution in [0.1, 0.15) is 51.0 Å². The Kier molecular flexibility index (Phi) is 6.06. The number of nitriles is 1. The normalized spacial score (nSPS) is 25.7. The van der Waals surface area contributed by atoms with Gasteiger partial charge in [-0.1, -0.05) is 31.5 Å². The molecule has 5 nitrogen and oxygen atoms in total. The summed E-state index contributed by atoms with van der Waals surface area (Å²) in [5.41, 5.74) is -0.00486. The van der Waals surface area contributed by atoms with Gasteiger partial charge in [-0.15, -0.1) is 0 Å². The number of phenols is 1. The first-order valence-electron chi connectivity index (χ1n) is 10.2. The number of piperidine rings is 2. The van der Waals surface area contributed by atoms with Crippen molar-refractivity contribution >= 4 is 5.91 Å². The molecular weight excluding hydrogens is 338 g/mol. The highest BCUT2D eigenvalue weighted by Crippen LogP contribution is 2.40. The first kappa shape index (κ1) is 19.7. The van der Waals surface area contributed by atoms with Gasteiger partial charge in [0.05, 0.1) is 17.4 Å². The average Bonchev–Trinajstić information content (AvgIpc) is 2.69. The largest absolute Gasteiger partial charge is 0.508 e. The Morgan fingerprint density at radius 2 is 2.00 bits per heavy atom. The van der Waals surface area contributed by atoms with Crippen molar-refractivity contribution in [2.24, 2.45) is 5.92 Å². The highest BCUT2D eigenvalue weighted by molar-refractivity contribution is 5.80. The van der Waals surface area contributed by atoms with Crippen molar-refractivity contribution in [3.8, 4) is 11.8 Å². The molecule has 0 radical (unpaired) electrons. The van der Waals surface area contributed by atoms with E-state index in [-0.39, 0.29) is 17.6 Å². The summed E-state index contributed by atoms with van der Waals surface area (Å²) in [6.07, 6.45) is 5.33. The van der Waals surface area contributed by atoms with Gasteiger partial charge in [0.1, 0.15) is 5.75 Å². The summed E-state index contributed by atoms with van der Waals surface area (Å²) in [7, 11) is 2.13. The lowest BCUT2D eigenvalue weighted by atomic mass is 9.73. The van der Waals surface area contributed by atoms with E-state index < -0.39 is 5.41 Å². The molecule has 2 fully saturated rings. The monoisotopic (exact) mass is 369 g/mol. The number of carbonyl (C=O) groups is 1. The lowest BCUT2D eigenvalue weighted by molar-refractivity contribution is -0.141. The summed E-state index contributed by atoms with van der Waals surface area (Å²) in [4.78, 5) is 17.6. The lowest BCUT2D eigenvalue weighted by Crippen LogP contribution is -2.53. The Morgan fingerprint density at radius 1 is 1.30 bits per heavy atom. The Balaban J connectivity index is 1.72. The summed E-state index contributed by atoms with van der Waals surface area (Å²) in [5.74, 6) is 0.503. The maximum atomic E-state index is 13.3. The number of carbonyl (C=O) groups excluding carboxylic acids is 1. The summed E-state index contributed by atoms with van der Waals surface area (Å²) < 4.78 is 0. The van der Waals surface area contributed by atoms with E-state index in [2.05, 4.69) is 24.9 Å². The molecule has 0 aromatic heterocycles. The zero-order valence-corrected chi connectivity index (χ0v) is 16.5. The Hall–Kier alpha value is -2.06. The highest BCUT2D eigenvalue weighted by Gasteiger charge is 2.42. The van der Waals surface area contributed by atoms with Gasteiger partial charge in [-0.05, 0) is 51.8 Å². The number of rotatable bonds is 4. The molecule has 1 amide bonds. The smallest absolute Gasteiger partial charge is 0.227 e. The fraction of sp³-hybridized carbons (Fsp3) is 0.636. The quantitative estimate of drug-likeness (QED) is 0.884. The Labute approximate surface area is 162 Å². The van der Waals surface area contributed by atoms with Gasteiger partial charge in [0.15, 0.2) is 0 Å². The van der Waals surface area contributed by atoms with E-state index in [1.807, 2.05) is 17.0 Å². The van der Waals surface area contributed by atoms with Crippen molar-refractivity contribution < 1.29 is 9.90 Å². The molecule has 5 heteroatoms. The number of phenolic OH excluding ortho intramolecular Hbond substituents is 1. The molecule has 146 valence electrons. The van der Waals surface area contributed by atoms with Crippen LogP contribution in [0.15, 0.2) is 24.3 Å². The van der Waals surface area contributed by atoms with Crippen LogP contribution in [0.5, 0.6) is 5.75 Å². The van der Waals surface area contributed by atoms with Crippen molar-refractivity contribution in [1.29, 1.82) is 5.26 Å². The number of amides is 1. The highest BCUT2D eigenvalue weighted by atomic mass is 16.3. The van der Waals surface area contributed by atoms with Crippen LogP contribution in [0.4, 0.5) is 0 Å². The standard InChI is InChI=1S/C22H31N3O2/c1-3-7-19-17(8-6-13-24(19)2)21(27)25-14-11-22(16-23,12-15-25)18-9-4-5-10-20(18)26/h4-5,9-10,17,19,26H,3,6-8,11-15H2,1-2H3. The fourth-order valence-corrected chi connectivity index (χ4v) is 4.89. The minimum absolute atomic E-state index is 0.0726. The summed E-state index contributed by atoms with van der Waals surface area (Å²) >= 11 is 0. The van der Waals surface area contributed by atoms with Crippen LogP contribution in [0.2, 0.25) is 0 Å². The van der Waals surface area contributed by atoms with E-state index in [1.165, 1.54) is 0 Å². The molecule has 2 heterocycles. The first-order chi connectivity index (χ1) is 13.0. The predicted octanol–water partition coefficient (Wildman–Crippen LogP) is 3.29. The van der Waals surface area contributed by atoms with Crippen molar-refractivity contribution in [2.75, 3.05) is 26.7 Å². The second kappa shape index (κ2) is 8.31. The van der Waals surface area contributed by atoms with Gasteiger partial charge >= 0.3 is 0 Å². The number of hydrogen-bond donors (Lipinski definition) is 1. The van der Waals surface area contributed by atoms with Crippen molar-refractivity contribution in [3.05, 3.63) is 29.8 Å². The fourth-order valence-electron chi connectivity index (χ4n) is 4.89. The third-order valence-electron chi connectivity index (χ3n) is 6.52. The summed E-state index contributed by atoms with van der Waals surface area (Å²) in [6, 6.07) is 9.88. The molecule has 1 aromatic rings. The minimum atomic E-state index is -0.700. The molecule has 2 unspecified atom stereocenters. The molecule has 2 saturated heterocycles. The van der Waals surface area contributed by atoms with Gasteiger partial charge < -0.3 is 14.9 Å². The molecule has 1 aromatic carbocycles. The molecular formula is C22H31N3O2. The second-order valence-electron chi connectivity index (χ2n) is 8.12. The van der Waals surface area contributed by atoms with E-state index in [0.717, 1.165) is 32.2 Å². The molecule has 2 aliphatic rings. The minimum Gasteiger partial charge on any atom is -0.508 e. The van der Waals surface area contributed by atoms with Gasteiger partial charge in [-0.3, -0.25) is 4.79 Å². The number of hydrogen-bond acceptors (Lipinski definition) is 4. The van der Waals surface area contributed by atoms with E-state index in [4.69, 9.17) is 0 Å². The molecule has 3 rings (SSSR count). The Bertz CT molecular complexity index is 704. The number of para-hydroxylation sites is 1. The van der Waals surface area contributed by atoms with Crippen LogP contribution in [-0.4, -0.2) is 53.5 Å². The number of aromatic hydroxyl groups is 1. The van der Waals surface area contributed by atoms with Crippen molar-refractivity contribution in [3.63, 3.8) is 0 Å². The van der Waals surface area contributed by atoms with Crippen LogP contribution < -0.4 is 0 Å². The Morgan fingerprint density at radius 3 is 2.63 bits per heavy atom. The molecule has 0 saturated carbocycles. The number of likely N-dealkylation sites (tertiary alicyclic amines) is 2. The van der Waals surface area contributed by atoms with Gasteiger partial charge in [-0.25, -0.2) is 0 Å². The molecule has 0 bridgehead atoms. The predicted molar refractivity (Wildman–Crippen MR) is 105 cm³/mol. The van der Waals surface area contributed by atoms with Gasteiger partial charge in [0, 0.05) is 24.7 Å². The maximum Gasteiger partial charge on any atom is 0.227 e. The van der Waals surface area contributed by atoms with Crippen LogP contribution in [0.3, 0.4) is 0 Å². The van der Waals surface area contributed by atoms with Crippen LogP contribution in [0, 0.1) is 17.2 Å². The summed E-state index contributed by atoms with van der Waals surface area (Å²) in [5, 5.41) is 20.1. The zero-order valence-electron chi connectivity index (χ0n) is 16.5. The van der Waals surface area contributed by atoms with E-state index in [0.29, 0.717) is 37.5 Å². The van der Waals surface area contributed by atoms with Crippen LogP contribution in [0.25, 0.3) is 0 Å². The average molecular weight is 370 g/mol. The van der Waals surface area contributed by atoms with Crippen LogP contribution >= 0.6 is 0 Å². The topological polar surface area (TPSA) is 67.6 Å². The number of nitrogens with zero attached hydrogens (tertiary/aromatic N) is 3. The first-order valence-corrected chi connectivity index (χ1v) is 10.2. The molecule has 2 aliphatic heterocycles. The SMILES string of the molecule is CCCC1C(C(=O)N2CCC(C#N)(c3ccccc3O)CC2)CCCN1C. The molecule has 2 atom stereocenters. The third-order valence-corrected chi connectivity index (χ3v) is 6.52. The van der Waals surface area contributed by atoms with Gasteiger partial charge in [0.2, 0.25) is 5.91 Å². The van der Waals surface area contributed by atoms with Crippen LogP contribution in [-0.2, 0) is 10.2 Å². The number of benzene rings is 1. The van der Waals surface area contributed by atoms with E-state index in [1.54, 1.807) is 12.1 Å². The summed E-state index contributed by atoms with van der Waals surface area (Å²) in [6.45, 7) is 4.41. The molecule has 0 aliphatic carbocycles. The van der Waals surface area contributed by atoms with Gasteiger partial charge in [0.25, 0.3) is 0 Å². The second-order valence-corrected chi connectivity index (χ2v) is 8.12. The van der Waals surface area contributed by atoms with E-state index in [9.17, 15) is 15.2 Å². The molecule has 1 N–H and O–H groups in total. The van der Waals surface area contributed by atoms with Gasteiger partial charge in [-0.2, -0.15) is 5.26 Å². The van der Waals surface area contributed by atoms with Crippen molar-refractivity contribution in [2.45, 2.75) is 56.9 Å². The van der Waals surface area contributed by atoms with E-state index >= 15 is 0 Å². The molecule has 27 heavy (non-hydrogen) atoms. The zero-order chi connectivity index (χ0) is 19.4. The van der Waals surface area contributed by atoms with Crippen molar-refractivity contribution in [1.82, 2.24) is 9.80 Å². The third kappa shape index (κ3) is 3.82.